The maximum absolute atomic E-state index is 6.20. The van der Waals surface area contributed by atoms with Gasteiger partial charge < -0.3 is 10.1 Å². The molecular formula is C17H35NO. The summed E-state index contributed by atoms with van der Waals surface area (Å²) in [6.45, 7) is 19.3. The molecule has 2 heteroatoms. The number of hydrogen-bond acceptors (Lipinski definition) is 2. The topological polar surface area (TPSA) is 21.3 Å². The number of rotatable bonds is 5. The molecule has 1 aliphatic rings. The molecule has 1 aliphatic heterocycles. The Morgan fingerprint density at radius 3 is 2.16 bits per heavy atom. The average Bonchev–Trinajstić information content (AvgIpc) is 2.54. The lowest BCUT2D eigenvalue weighted by Gasteiger charge is -2.39. The Bertz CT molecular complexity index is 290. The van der Waals surface area contributed by atoms with Crippen LogP contribution >= 0.6 is 0 Å². The largest absolute Gasteiger partial charge is 0.372 e. The lowest BCUT2D eigenvalue weighted by molar-refractivity contribution is -0.0403. The fourth-order valence-electron chi connectivity index (χ4n) is 2.72. The van der Waals surface area contributed by atoms with Crippen LogP contribution in [0.2, 0.25) is 0 Å². The molecule has 0 amide bonds. The average molecular weight is 269 g/mol. The van der Waals surface area contributed by atoms with Gasteiger partial charge in [-0.15, -0.1) is 0 Å². The van der Waals surface area contributed by atoms with E-state index in [1.807, 2.05) is 0 Å². The fourth-order valence-corrected chi connectivity index (χ4v) is 2.72. The first kappa shape index (κ1) is 17.0. The van der Waals surface area contributed by atoms with Crippen LogP contribution in [0.15, 0.2) is 0 Å². The molecule has 0 aromatic carbocycles. The second-order valence-corrected chi connectivity index (χ2v) is 8.65. The van der Waals surface area contributed by atoms with Crippen LogP contribution in [0.5, 0.6) is 0 Å². The van der Waals surface area contributed by atoms with Crippen molar-refractivity contribution in [1.82, 2.24) is 5.32 Å². The van der Waals surface area contributed by atoms with E-state index in [0.717, 1.165) is 13.0 Å². The van der Waals surface area contributed by atoms with E-state index < -0.39 is 0 Å². The van der Waals surface area contributed by atoms with Crippen LogP contribution in [0.3, 0.4) is 0 Å². The van der Waals surface area contributed by atoms with E-state index in [1.165, 1.54) is 12.8 Å². The van der Waals surface area contributed by atoms with Crippen molar-refractivity contribution in [2.24, 2.45) is 11.3 Å². The van der Waals surface area contributed by atoms with Gasteiger partial charge in [-0.3, -0.25) is 0 Å². The monoisotopic (exact) mass is 269 g/mol. The zero-order chi connectivity index (χ0) is 14.9. The third kappa shape index (κ3) is 5.43. The maximum Gasteiger partial charge on any atom is 0.0631 e. The minimum absolute atomic E-state index is 0.0833. The van der Waals surface area contributed by atoms with Gasteiger partial charge in [0.15, 0.2) is 0 Å². The van der Waals surface area contributed by atoms with Crippen molar-refractivity contribution in [2.45, 2.75) is 91.9 Å². The second-order valence-electron chi connectivity index (χ2n) is 8.65. The molecule has 0 bridgehead atoms. The Morgan fingerprint density at radius 1 is 1.21 bits per heavy atom. The third-order valence-electron chi connectivity index (χ3n) is 4.66. The van der Waals surface area contributed by atoms with Crippen molar-refractivity contribution < 1.29 is 4.74 Å². The molecule has 0 aromatic heterocycles. The van der Waals surface area contributed by atoms with Crippen molar-refractivity contribution in [3.63, 3.8) is 0 Å². The van der Waals surface area contributed by atoms with Gasteiger partial charge in [0.2, 0.25) is 0 Å². The third-order valence-corrected chi connectivity index (χ3v) is 4.66. The Labute approximate surface area is 120 Å². The molecule has 114 valence electrons. The lowest BCUT2D eigenvalue weighted by Crippen LogP contribution is -2.46. The van der Waals surface area contributed by atoms with Gasteiger partial charge in [0.05, 0.1) is 11.7 Å². The Balaban J connectivity index is 2.62. The molecule has 2 unspecified atom stereocenters. The first-order chi connectivity index (χ1) is 8.44. The van der Waals surface area contributed by atoms with E-state index in [-0.39, 0.29) is 11.1 Å². The van der Waals surface area contributed by atoms with Gasteiger partial charge in [0.25, 0.3) is 0 Å². The van der Waals surface area contributed by atoms with Crippen molar-refractivity contribution in [3.8, 4) is 0 Å². The second kappa shape index (κ2) is 5.73. The summed E-state index contributed by atoms with van der Waals surface area (Å²) in [7, 11) is 0. The van der Waals surface area contributed by atoms with E-state index in [4.69, 9.17) is 4.74 Å². The Hall–Kier alpha value is -0.0800. The smallest absolute Gasteiger partial charge is 0.0631 e. The molecule has 1 heterocycles. The van der Waals surface area contributed by atoms with Crippen molar-refractivity contribution >= 4 is 0 Å². The minimum atomic E-state index is 0.0833. The summed E-state index contributed by atoms with van der Waals surface area (Å²) in [5.74, 6) is 0.662. The first-order valence-electron chi connectivity index (χ1n) is 7.86. The zero-order valence-corrected chi connectivity index (χ0v) is 14.4. The summed E-state index contributed by atoms with van der Waals surface area (Å²) >= 11 is 0. The molecule has 0 aliphatic carbocycles. The molecular weight excluding hydrogens is 234 g/mol. The van der Waals surface area contributed by atoms with Crippen LogP contribution in [0.1, 0.15) is 74.7 Å². The van der Waals surface area contributed by atoms with Crippen LogP contribution in [0, 0.1) is 11.3 Å². The summed E-state index contributed by atoms with van der Waals surface area (Å²) in [4.78, 5) is 0. The molecule has 1 N–H and O–H groups in total. The Kier molecular flexibility index (Phi) is 5.12. The summed E-state index contributed by atoms with van der Waals surface area (Å²) in [6, 6.07) is 0. The van der Waals surface area contributed by atoms with Gasteiger partial charge in [0, 0.05) is 12.1 Å². The van der Waals surface area contributed by atoms with Gasteiger partial charge in [-0.25, -0.2) is 0 Å². The van der Waals surface area contributed by atoms with Gasteiger partial charge in [-0.2, -0.15) is 0 Å². The zero-order valence-electron chi connectivity index (χ0n) is 14.4. The van der Waals surface area contributed by atoms with Crippen molar-refractivity contribution in [1.29, 1.82) is 0 Å². The molecule has 1 fully saturated rings. The van der Waals surface area contributed by atoms with Gasteiger partial charge in [-0.05, 0) is 65.2 Å². The molecule has 0 aromatic rings. The van der Waals surface area contributed by atoms with Crippen LogP contribution in [0.25, 0.3) is 0 Å². The van der Waals surface area contributed by atoms with Gasteiger partial charge >= 0.3 is 0 Å². The minimum Gasteiger partial charge on any atom is -0.372 e. The molecule has 2 nitrogen and oxygen atoms in total. The van der Waals surface area contributed by atoms with E-state index in [9.17, 15) is 0 Å². The van der Waals surface area contributed by atoms with E-state index in [0.29, 0.717) is 17.4 Å². The molecule has 0 radical (unpaired) electrons. The highest BCUT2D eigenvalue weighted by Crippen LogP contribution is 2.39. The summed E-state index contributed by atoms with van der Waals surface area (Å²) in [5, 5.41) is 3.68. The van der Waals surface area contributed by atoms with Crippen molar-refractivity contribution in [2.75, 3.05) is 6.54 Å². The first-order valence-corrected chi connectivity index (χ1v) is 7.86. The molecule has 0 saturated carbocycles. The SMILES string of the molecule is CC(C)C(C)(CNC(C)(C)C)CC1CCC(C)(C)O1. The summed E-state index contributed by atoms with van der Waals surface area (Å²) in [5.41, 5.74) is 0.574. The molecule has 1 saturated heterocycles. The van der Waals surface area contributed by atoms with Gasteiger partial charge in [0.1, 0.15) is 0 Å². The number of ether oxygens (including phenoxy) is 1. The lowest BCUT2D eigenvalue weighted by atomic mass is 9.74. The van der Waals surface area contributed by atoms with Crippen molar-refractivity contribution in [3.05, 3.63) is 0 Å². The maximum atomic E-state index is 6.20. The van der Waals surface area contributed by atoms with Crippen LogP contribution < -0.4 is 5.32 Å². The summed E-state index contributed by atoms with van der Waals surface area (Å²) in [6.07, 6.45) is 4.00. The molecule has 19 heavy (non-hydrogen) atoms. The fraction of sp³-hybridized carbons (Fsp3) is 1.00. The van der Waals surface area contributed by atoms with Crippen LogP contribution in [0.4, 0.5) is 0 Å². The number of nitrogens with one attached hydrogen (secondary N) is 1. The highest BCUT2D eigenvalue weighted by atomic mass is 16.5. The van der Waals surface area contributed by atoms with Gasteiger partial charge in [-0.1, -0.05) is 20.8 Å². The predicted molar refractivity (Wildman–Crippen MR) is 83.5 cm³/mol. The van der Waals surface area contributed by atoms with E-state index in [2.05, 4.69) is 60.7 Å². The highest BCUT2D eigenvalue weighted by molar-refractivity contribution is 4.90. The quantitative estimate of drug-likeness (QED) is 0.799. The number of hydrogen-bond donors (Lipinski definition) is 1. The Morgan fingerprint density at radius 2 is 1.79 bits per heavy atom. The predicted octanol–water partition coefficient (Wildman–Crippen LogP) is 4.38. The molecule has 1 rings (SSSR count). The highest BCUT2D eigenvalue weighted by Gasteiger charge is 2.38. The van der Waals surface area contributed by atoms with E-state index >= 15 is 0 Å². The summed E-state index contributed by atoms with van der Waals surface area (Å²) < 4.78 is 6.20. The standard InChI is InChI=1S/C17H35NO/c1-13(2)17(8,12-18-15(3,4)5)11-14-9-10-16(6,7)19-14/h13-14,18H,9-12H2,1-8H3. The van der Waals surface area contributed by atoms with Crippen LogP contribution in [-0.2, 0) is 4.74 Å². The molecule has 2 atom stereocenters. The normalized spacial score (nSPS) is 26.7. The molecule has 0 spiro atoms. The van der Waals surface area contributed by atoms with E-state index in [1.54, 1.807) is 0 Å². The van der Waals surface area contributed by atoms with Crippen LogP contribution in [-0.4, -0.2) is 23.8 Å².